The Morgan fingerprint density at radius 2 is 1.94 bits per heavy atom. The smallest absolute Gasteiger partial charge is 0.253 e. The second kappa shape index (κ2) is 8.70. The standard InChI is InChI=1S/C27H29FN2O4/c1-4-18(2)33-22-10-7-19(16-24(22)32-3)26(31)29-14-11-27(12-15-29)25-6-5-13-30(25)21-9-8-20(28)17-23(21)34-27/h5-10,13,16-18H,4,11-12,14-15H2,1-3H3/t18-/m1/s1. The molecule has 1 saturated heterocycles. The van der Waals surface area contributed by atoms with Crippen molar-refractivity contribution in [2.45, 2.75) is 44.8 Å². The number of nitrogens with zero attached hydrogens (tertiary/aromatic N) is 2. The van der Waals surface area contributed by atoms with Crippen LogP contribution in [0.5, 0.6) is 17.2 Å². The summed E-state index contributed by atoms with van der Waals surface area (Å²) in [6.45, 7) is 5.11. The Balaban J connectivity index is 1.34. The van der Waals surface area contributed by atoms with Gasteiger partial charge in [-0.2, -0.15) is 0 Å². The van der Waals surface area contributed by atoms with E-state index < -0.39 is 5.60 Å². The van der Waals surface area contributed by atoms with Gasteiger partial charge in [-0.25, -0.2) is 4.39 Å². The number of benzene rings is 2. The summed E-state index contributed by atoms with van der Waals surface area (Å²) in [5, 5.41) is 0. The van der Waals surface area contributed by atoms with Gasteiger partial charge in [0.2, 0.25) is 0 Å². The Kier molecular flexibility index (Phi) is 5.71. The average Bonchev–Trinajstić information content (AvgIpc) is 3.35. The molecule has 3 aromatic rings. The van der Waals surface area contributed by atoms with Crippen molar-refractivity contribution in [2.24, 2.45) is 0 Å². The van der Waals surface area contributed by atoms with Crippen molar-refractivity contribution >= 4 is 5.91 Å². The molecule has 1 spiro atoms. The highest BCUT2D eigenvalue weighted by Crippen LogP contribution is 2.45. The van der Waals surface area contributed by atoms with Crippen LogP contribution in [0.1, 0.15) is 49.2 Å². The third-order valence-corrected chi connectivity index (χ3v) is 6.87. The number of amides is 1. The van der Waals surface area contributed by atoms with E-state index in [1.807, 2.05) is 30.2 Å². The summed E-state index contributed by atoms with van der Waals surface area (Å²) >= 11 is 0. The molecule has 178 valence electrons. The number of carbonyl (C=O) groups is 1. The van der Waals surface area contributed by atoms with E-state index in [-0.39, 0.29) is 17.8 Å². The van der Waals surface area contributed by atoms with E-state index in [1.165, 1.54) is 12.1 Å². The van der Waals surface area contributed by atoms with E-state index >= 15 is 0 Å². The summed E-state index contributed by atoms with van der Waals surface area (Å²) < 4.78 is 33.8. The van der Waals surface area contributed by atoms with Crippen LogP contribution in [0.25, 0.3) is 5.69 Å². The minimum Gasteiger partial charge on any atom is -0.493 e. The molecule has 0 aliphatic carbocycles. The Labute approximate surface area is 198 Å². The third-order valence-electron chi connectivity index (χ3n) is 6.87. The molecule has 0 unspecified atom stereocenters. The second-order valence-electron chi connectivity index (χ2n) is 8.97. The molecule has 1 fully saturated rings. The van der Waals surface area contributed by atoms with Crippen molar-refractivity contribution in [1.29, 1.82) is 0 Å². The zero-order valence-electron chi connectivity index (χ0n) is 19.7. The van der Waals surface area contributed by atoms with Crippen molar-refractivity contribution in [3.8, 4) is 22.9 Å². The van der Waals surface area contributed by atoms with E-state index in [1.54, 1.807) is 31.4 Å². The number of likely N-dealkylation sites (tertiary alicyclic amines) is 1. The SMILES string of the molecule is CC[C@@H](C)Oc1ccc(C(=O)N2CCC3(CC2)Oc2cc(F)ccc2-n2cccc23)cc1OC. The highest BCUT2D eigenvalue weighted by atomic mass is 19.1. The topological polar surface area (TPSA) is 52.9 Å². The fourth-order valence-electron chi connectivity index (χ4n) is 4.80. The molecule has 2 aromatic carbocycles. The van der Waals surface area contributed by atoms with Crippen molar-refractivity contribution < 1.29 is 23.4 Å². The normalized spacial score (nSPS) is 16.9. The number of hydrogen-bond acceptors (Lipinski definition) is 4. The molecule has 0 saturated carbocycles. The number of ether oxygens (including phenoxy) is 3. The maximum Gasteiger partial charge on any atom is 0.253 e. The van der Waals surface area contributed by atoms with E-state index in [0.29, 0.717) is 48.7 Å². The molecule has 1 amide bonds. The molecule has 2 aliphatic rings. The van der Waals surface area contributed by atoms with Crippen LogP contribution in [-0.2, 0) is 5.60 Å². The van der Waals surface area contributed by atoms with E-state index in [4.69, 9.17) is 14.2 Å². The van der Waals surface area contributed by atoms with E-state index in [0.717, 1.165) is 17.8 Å². The minimum absolute atomic E-state index is 0.0547. The van der Waals surface area contributed by atoms with Gasteiger partial charge in [-0.05, 0) is 55.8 Å². The van der Waals surface area contributed by atoms with Crippen LogP contribution < -0.4 is 14.2 Å². The number of halogens is 1. The first kappa shape index (κ1) is 22.3. The number of piperidine rings is 1. The quantitative estimate of drug-likeness (QED) is 0.512. The monoisotopic (exact) mass is 464 g/mol. The van der Waals surface area contributed by atoms with Gasteiger partial charge in [0.05, 0.1) is 24.6 Å². The van der Waals surface area contributed by atoms with Crippen molar-refractivity contribution in [1.82, 2.24) is 9.47 Å². The Hall–Kier alpha value is -3.48. The highest BCUT2D eigenvalue weighted by Gasteiger charge is 2.44. The van der Waals surface area contributed by atoms with E-state index in [9.17, 15) is 9.18 Å². The van der Waals surface area contributed by atoms with Gasteiger partial charge in [0.15, 0.2) is 17.1 Å². The summed E-state index contributed by atoms with van der Waals surface area (Å²) in [6, 6.07) is 14.0. The molecule has 1 atom stereocenters. The first-order valence-electron chi connectivity index (χ1n) is 11.7. The number of hydrogen-bond donors (Lipinski definition) is 0. The largest absolute Gasteiger partial charge is 0.493 e. The molecule has 1 aromatic heterocycles. The molecular formula is C27H29FN2O4. The fraction of sp³-hybridized carbons (Fsp3) is 0.370. The molecule has 0 N–H and O–H groups in total. The average molecular weight is 465 g/mol. The van der Waals surface area contributed by atoms with Crippen LogP contribution in [-0.4, -0.2) is 41.7 Å². The maximum atomic E-state index is 13.9. The number of aromatic nitrogens is 1. The van der Waals surface area contributed by atoms with Gasteiger partial charge in [0.1, 0.15) is 11.6 Å². The fourth-order valence-corrected chi connectivity index (χ4v) is 4.80. The predicted octanol–water partition coefficient (Wildman–Crippen LogP) is 5.33. The van der Waals surface area contributed by atoms with Crippen LogP contribution in [0.3, 0.4) is 0 Å². The summed E-state index contributed by atoms with van der Waals surface area (Å²) in [4.78, 5) is 15.1. The second-order valence-corrected chi connectivity index (χ2v) is 8.97. The van der Waals surface area contributed by atoms with Gasteiger partial charge in [-0.1, -0.05) is 6.92 Å². The van der Waals surface area contributed by atoms with Crippen molar-refractivity contribution in [2.75, 3.05) is 20.2 Å². The van der Waals surface area contributed by atoms with Crippen LogP contribution in [0.2, 0.25) is 0 Å². The lowest BCUT2D eigenvalue weighted by atomic mass is 9.86. The molecule has 2 aliphatic heterocycles. The van der Waals surface area contributed by atoms with E-state index in [2.05, 4.69) is 11.5 Å². The molecule has 0 radical (unpaired) electrons. The molecule has 0 bridgehead atoms. The van der Waals surface area contributed by atoms with Crippen molar-refractivity contribution in [3.05, 3.63) is 71.8 Å². The van der Waals surface area contributed by atoms with Crippen LogP contribution >= 0.6 is 0 Å². The van der Waals surface area contributed by atoms with Gasteiger partial charge >= 0.3 is 0 Å². The predicted molar refractivity (Wildman–Crippen MR) is 127 cm³/mol. The number of rotatable bonds is 5. The molecule has 34 heavy (non-hydrogen) atoms. The summed E-state index contributed by atoms with van der Waals surface area (Å²) in [5.74, 6) is 1.33. The first-order valence-corrected chi connectivity index (χ1v) is 11.7. The Bertz CT molecular complexity index is 1210. The molecular weight excluding hydrogens is 435 g/mol. The summed E-state index contributed by atoms with van der Waals surface area (Å²) in [5.41, 5.74) is 1.83. The zero-order chi connectivity index (χ0) is 23.9. The van der Waals surface area contributed by atoms with Gasteiger partial charge in [0, 0.05) is 43.8 Å². The lowest BCUT2D eigenvalue weighted by Gasteiger charge is -2.45. The van der Waals surface area contributed by atoms with Gasteiger partial charge in [-0.3, -0.25) is 4.79 Å². The van der Waals surface area contributed by atoms with Crippen LogP contribution in [0.15, 0.2) is 54.7 Å². The molecule has 6 nitrogen and oxygen atoms in total. The first-order chi connectivity index (χ1) is 16.4. The summed E-state index contributed by atoms with van der Waals surface area (Å²) in [6.07, 6.45) is 4.14. The third kappa shape index (κ3) is 3.79. The molecule has 7 heteroatoms. The van der Waals surface area contributed by atoms with Gasteiger partial charge in [0.25, 0.3) is 5.91 Å². The van der Waals surface area contributed by atoms with Crippen LogP contribution in [0, 0.1) is 5.82 Å². The lowest BCUT2D eigenvalue weighted by molar-refractivity contribution is -0.00951. The molecule has 3 heterocycles. The maximum absolute atomic E-state index is 13.9. The lowest BCUT2D eigenvalue weighted by Crippen LogP contribution is -2.50. The molecule has 5 rings (SSSR count). The zero-order valence-corrected chi connectivity index (χ0v) is 19.7. The number of carbonyl (C=O) groups excluding carboxylic acids is 1. The van der Waals surface area contributed by atoms with Gasteiger partial charge in [-0.15, -0.1) is 0 Å². The van der Waals surface area contributed by atoms with Gasteiger partial charge < -0.3 is 23.7 Å². The summed E-state index contributed by atoms with van der Waals surface area (Å²) in [7, 11) is 1.58. The number of fused-ring (bicyclic) bond motifs is 4. The van der Waals surface area contributed by atoms with Crippen LogP contribution in [0.4, 0.5) is 4.39 Å². The highest BCUT2D eigenvalue weighted by molar-refractivity contribution is 5.95. The minimum atomic E-state index is -0.591. The van der Waals surface area contributed by atoms with Crippen molar-refractivity contribution in [3.63, 3.8) is 0 Å². The Morgan fingerprint density at radius 1 is 1.15 bits per heavy atom. The Morgan fingerprint density at radius 3 is 2.68 bits per heavy atom. The number of methoxy groups -OCH3 is 1.